The molecule has 1 aromatic carbocycles. The predicted molar refractivity (Wildman–Crippen MR) is 68.6 cm³/mol. The summed E-state index contributed by atoms with van der Waals surface area (Å²) in [5.41, 5.74) is 0.205. The van der Waals surface area contributed by atoms with Gasteiger partial charge in [0.05, 0.1) is 18.6 Å². The number of aliphatic carboxylic acids is 2. The predicted octanol–water partition coefficient (Wildman–Crippen LogP) is -12.0. The quantitative estimate of drug-likeness (QED) is 0.181. The second-order valence-electron chi connectivity index (χ2n) is 4.48. The molecule has 1 rings (SSSR count). The van der Waals surface area contributed by atoms with Gasteiger partial charge >= 0.3 is 154 Å². The first-order valence-electron chi connectivity index (χ1n) is 6.25. The van der Waals surface area contributed by atoms with Gasteiger partial charge in [0.15, 0.2) is 11.5 Å². The molecule has 128 valence electrons. The molecule has 1 unspecified atom stereocenters. The summed E-state index contributed by atoms with van der Waals surface area (Å²) in [6, 6.07) is 1.72. The molecule has 0 amide bonds. The van der Waals surface area contributed by atoms with E-state index in [0.717, 1.165) is 12.1 Å². The Labute approximate surface area is 277 Å². The van der Waals surface area contributed by atoms with Gasteiger partial charge in [-0.1, -0.05) is 6.07 Å². The molecule has 0 bridgehead atoms. The molecule has 0 heterocycles. The van der Waals surface area contributed by atoms with Crippen molar-refractivity contribution in [2.45, 2.75) is 18.9 Å². The van der Waals surface area contributed by atoms with Gasteiger partial charge in [0, 0.05) is 12.4 Å². The number of hydrogen-bond donors (Lipinski definition) is 3. The average molecular weight is 464 g/mol. The third kappa shape index (κ3) is 13.9. The first kappa shape index (κ1) is 33.4. The zero-order chi connectivity index (χ0) is 17.6. The molecular formula is C12H13K3NO9P. The maximum atomic E-state index is 11.5. The molecule has 26 heavy (non-hydrogen) atoms. The number of phenols is 2. The maximum Gasteiger partial charge on any atom is 1.00 e. The normalized spacial score (nSPS) is 13.1. The van der Waals surface area contributed by atoms with Crippen LogP contribution in [0.15, 0.2) is 18.2 Å². The summed E-state index contributed by atoms with van der Waals surface area (Å²) in [4.78, 5) is 32.7. The van der Waals surface area contributed by atoms with Gasteiger partial charge < -0.3 is 39.4 Å². The van der Waals surface area contributed by atoms with Crippen LogP contribution in [-0.2, 0) is 25.1 Å². The number of carbonyl (C=O) groups excluding carboxylic acids is 2. The number of hydrogen-bond acceptors (Lipinski definition) is 9. The van der Waals surface area contributed by atoms with Crippen LogP contribution >= 0.6 is 7.75 Å². The number of nitrogens with one attached hydrogen (secondary N) is 1. The summed E-state index contributed by atoms with van der Waals surface area (Å²) in [6.45, 7) is -0.712. The SMILES string of the molecule is O=C([O-])CCOP(=O)([O-])N[C@@H](Cc1ccc(O)c(O)c1)C(=O)[O-].[K+].[K+].[K+]. The molecule has 0 aliphatic heterocycles. The van der Waals surface area contributed by atoms with Gasteiger partial charge in [-0.25, -0.2) is 5.09 Å². The van der Waals surface area contributed by atoms with Crippen molar-refractivity contribution in [1.29, 1.82) is 0 Å². The van der Waals surface area contributed by atoms with Crippen LogP contribution < -0.4 is 174 Å². The van der Waals surface area contributed by atoms with E-state index in [9.17, 15) is 34.4 Å². The molecule has 3 N–H and O–H groups in total. The molecule has 0 spiro atoms. The van der Waals surface area contributed by atoms with Gasteiger partial charge in [-0.3, -0.25) is 4.57 Å². The second-order valence-corrected chi connectivity index (χ2v) is 5.99. The molecule has 0 aromatic heterocycles. The van der Waals surface area contributed by atoms with E-state index < -0.39 is 56.7 Å². The van der Waals surface area contributed by atoms with Crippen molar-refractivity contribution < 1.29 is 198 Å². The van der Waals surface area contributed by atoms with Gasteiger partial charge in [0.2, 0.25) is 7.75 Å². The van der Waals surface area contributed by atoms with Crippen molar-refractivity contribution in [2.24, 2.45) is 0 Å². The van der Waals surface area contributed by atoms with E-state index in [1.165, 1.54) is 6.07 Å². The smallest absolute Gasteiger partial charge is 0.766 e. The fourth-order valence-electron chi connectivity index (χ4n) is 1.59. The van der Waals surface area contributed by atoms with Crippen molar-refractivity contribution in [1.82, 2.24) is 5.09 Å². The summed E-state index contributed by atoms with van der Waals surface area (Å²) >= 11 is 0. The van der Waals surface area contributed by atoms with Gasteiger partial charge in [-0.2, -0.15) is 0 Å². The van der Waals surface area contributed by atoms with Gasteiger partial charge in [0.1, 0.15) is 0 Å². The summed E-state index contributed by atoms with van der Waals surface area (Å²) in [6.07, 6.45) is -1.08. The Bertz CT molecular complexity index is 646. The second kappa shape index (κ2) is 16.5. The van der Waals surface area contributed by atoms with Crippen molar-refractivity contribution >= 4 is 19.7 Å². The topological polar surface area (TPSA) is 182 Å². The molecule has 1 aromatic rings. The van der Waals surface area contributed by atoms with E-state index in [1.807, 2.05) is 0 Å². The molecule has 0 aliphatic rings. The number of carboxylic acid groups (broad SMARTS) is 2. The monoisotopic (exact) mass is 463 g/mol. The summed E-state index contributed by atoms with van der Waals surface area (Å²) in [7, 11) is -4.84. The standard InChI is InChI=1S/C12H16NO9P.3K/c14-9-2-1-7(6-10(9)15)5-8(12(18)19)13-23(20,21)22-4-3-11(16)17;;;/h1-2,6,8,14-15H,3-5H2,(H,16,17)(H,18,19)(H2,13,20,21);;;/q;3*+1/p-3/t8-;;;/m0.../s1. The zero-order valence-electron chi connectivity index (χ0n) is 14.6. The van der Waals surface area contributed by atoms with Crippen LogP contribution in [0.25, 0.3) is 0 Å². The van der Waals surface area contributed by atoms with E-state index >= 15 is 0 Å². The minimum absolute atomic E-state index is 0. The first-order chi connectivity index (χ1) is 10.6. The van der Waals surface area contributed by atoms with Crippen molar-refractivity contribution in [3.63, 3.8) is 0 Å². The maximum absolute atomic E-state index is 11.5. The van der Waals surface area contributed by atoms with Crippen LogP contribution in [0.2, 0.25) is 0 Å². The van der Waals surface area contributed by atoms with Crippen molar-refractivity contribution in [3.8, 4) is 11.5 Å². The third-order valence-electron chi connectivity index (χ3n) is 2.65. The Kier molecular flexibility index (Phi) is 21.2. The van der Waals surface area contributed by atoms with Crippen LogP contribution in [0.4, 0.5) is 0 Å². The van der Waals surface area contributed by atoms with Gasteiger partial charge in [-0.15, -0.1) is 0 Å². The number of carboxylic acids is 2. The first-order valence-corrected chi connectivity index (χ1v) is 7.80. The number of aromatic hydroxyl groups is 2. The minimum atomic E-state index is -4.84. The fraction of sp³-hybridized carbons (Fsp3) is 0.333. The summed E-state index contributed by atoms with van der Waals surface area (Å²) in [5, 5.41) is 41.4. The van der Waals surface area contributed by atoms with E-state index in [1.54, 1.807) is 5.09 Å². The Morgan fingerprint density at radius 1 is 1.15 bits per heavy atom. The molecule has 0 radical (unpaired) electrons. The third-order valence-corrected chi connectivity index (χ3v) is 3.80. The average Bonchev–Trinajstić information content (AvgIpc) is 2.41. The largest absolute Gasteiger partial charge is 1.00 e. The Hall–Kier alpha value is 2.78. The Morgan fingerprint density at radius 2 is 1.73 bits per heavy atom. The Morgan fingerprint density at radius 3 is 2.19 bits per heavy atom. The minimum Gasteiger partial charge on any atom is -0.766 e. The van der Waals surface area contributed by atoms with Gasteiger partial charge in [0.25, 0.3) is 0 Å². The Balaban J connectivity index is -0.00000176. The van der Waals surface area contributed by atoms with Gasteiger partial charge in [-0.05, 0) is 24.1 Å². The number of benzene rings is 1. The van der Waals surface area contributed by atoms with E-state index in [0.29, 0.717) is 0 Å². The molecule has 10 nitrogen and oxygen atoms in total. The van der Waals surface area contributed by atoms with E-state index in [-0.39, 0.29) is 160 Å². The van der Waals surface area contributed by atoms with Crippen LogP contribution in [-0.4, -0.2) is 34.8 Å². The van der Waals surface area contributed by atoms with Crippen LogP contribution in [0, 0.1) is 0 Å². The van der Waals surface area contributed by atoms with Crippen LogP contribution in [0.1, 0.15) is 12.0 Å². The summed E-state index contributed by atoms with van der Waals surface area (Å²) < 4.78 is 15.8. The summed E-state index contributed by atoms with van der Waals surface area (Å²) in [5.74, 6) is -4.21. The van der Waals surface area contributed by atoms with Crippen molar-refractivity contribution in [2.75, 3.05) is 6.61 Å². The molecule has 0 fully saturated rings. The molecular weight excluding hydrogens is 450 g/mol. The van der Waals surface area contributed by atoms with E-state index in [2.05, 4.69) is 4.52 Å². The number of carbonyl (C=O) groups is 2. The zero-order valence-corrected chi connectivity index (χ0v) is 24.9. The van der Waals surface area contributed by atoms with Crippen LogP contribution in [0.5, 0.6) is 11.5 Å². The number of rotatable bonds is 9. The van der Waals surface area contributed by atoms with E-state index in [4.69, 9.17) is 5.11 Å². The fourth-order valence-corrected chi connectivity index (χ4v) is 2.58. The van der Waals surface area contributed by atoms with Crippen LogP contribution in [0.3, 0.4) is 0 Å². The molecule has 0 saturated heterocycles. The molecule has 2 atom stereocenters. The molecule has 14 heteroatoms. The molecule has 0 saturated carbocycles. The molecule has 0 aliphatic carbocycles. The number of phenolic OH excluding ortho intramolecular Hbond substituents is 2. The van der Waals surface area contributed by atoms with Crippen molar-refractivity contribution in [3.05, 3.63) is 23.8 Å².